The van der Waals surface area contributed by atoms with Crippen LogP contribution in [0, 0.1) is 11.8 Å². The van der Waals surface area contributed by atoms with Crippen LogP contribution in [-0.4, -0.2) is 35.0 Å². The van der Waals surface area contributed by atoms with Crippen molar-refractivity contribution in [3.63, 3.8) is 0 Å². The number of rotatable bonds is 9. The van der Waals surface area contributed by atoms with Crippen LogP contribution in [0.15, 0.2) is 0 Å². The predicted octanol–water partition coefficient (Wildman–Crippen LogP) is 2.93. The number of aliphatic carboxylic acids is 1. The van der Waals surface area contributed by atoms with Gasteiger partial charge in [-0.05, 0) is 19.3 Å². The summed E-state index contributed by atoms with van der Waals surface area (Å²) in [5.74, 6) is -1.53. The number of carbonyl (C=O) groups excluding carboxylic acids is 2. The number of carboxylic acids is 1. The second-order valence-corrected chi connectivity index (χ2v) is 6.60. The summed E-state index contributed by atoms with van der Waals surface area (Å²) in [5, 5.41) is 11.7. The molecule has 0 saturated heterocycles. The molecule has 0 saturated carbocycles. The Hall–Kier alpha value is -1.79. The highest BCUT2D eigenvalue weighted by atomic mass is 16.7. The first kappa shape index (κ1) is 21.2. The van der Waals surface area contributed by atoms with Gasteiger partial charge in [-0.3, -0.25) is 9.59 Å². The lowest BCUT2D eigenvalue weighted by Gasteiger charge is -2.32. The maximum Gasteiger partial charge on any atom is 0.410 e. The predicted molar refractivity (Wildman–Crippen MR) is 84.7 cm³/mol. The van der Waals surface area contributed by atoms with Crippen molar-refractivity contribution < 1.29 is 29.0 Å². The van der Waals surface area contributed by atoms with Crippen LogP contribution in [-0.2, 0) is 19.1 Å². The highest BCUT2D eigenvalue weighted by molar-refractivity contribution is 5.73. The van der Waals surface area contributed by atoms with Crippen LogP contribution in [0.5, 0.6) is 0 Å². The molecule has 0 bridgehead atoms. The van der Waals surface area contributed by atoms with Crippen LogP contribution in [0.4, 0.5) is 4.79 Å². The van der Waals surface area contributed by atoms with Crippen molar-refractivity contribution >= 4 is 18.0 Å². The molecule has 0 aromatic rings. The van der Waals surface area contributed by atoms with Crippen molar-refractivity contribution in [2.24, 2.45) is 11.8 Å². The van der Waals surface area contributed by atoms with Gasteiger partial charge in [-0.25, -0.2) is 4.79 Å². The van der Waals surface area contributed by atoms with Crippen LogP contribution in [0.2, 0.25) is 0 Å². The zero-order valence-corrected chi connectivity index (χ0v) is 14.8. The van der Waals surface area contributed by atoms with Gasteiger partial charge >= 0.3 is 18.0 Å². The summed E-state index contributed by atoms with van der Waals surface area (Å²) in [6, 6.07) is 0. The lowest BCUT2D eigenvalue weighted by Crippen LogP contribution is -2.50. The molecule has 23 heavy (non-hydrogen) atoms. The number of esters is 1. The quantitative estimate of drug-likeness (QED) is 0.497. The lowest BCUT2D eigenvalue weighted by atomic mass is 9.86. The van der Waals surface area contributed by atoms with Gasteiger partial charge in [-0.2, -0.15) is 0 Å². The van der Waals surface area contributed by atoms with E-state index in [1.807, 2.05) is 13.8 Å². The highest BCUT2D eigenvalue weighted by Gasteiger charge is 2.33. The fourth-order valence-electron chi connectivity index (χ4n) is 2.26. The SMILES string of the molecule is CC[C@H](C)C[C@](C)(CC(=O)O)NC(=O)O[C@H](OC(C)=O)C(C)C. The molecule has 7 heteroatoms. The van der Waals surface area contributed by atoms with Crippen molar-refractivity contribution in [2.45, 2.75) is 72.6 Å². The Bertz CT molecular complexity index is 423. The smallest absolute Gasteiger partial charge is 0.410 e. The zero-order chi connectivity index (χ0) is 18.2. The molecule has 1 amide bonds. The van der Waals surface area contributed by atoms with E-state index in [0.717, 1.165) is 6.42 Å². The normalized spacial score (nSPS) is 16.1. The van der Waals surface area contributed by atoms with Gasteiger partial charge in [0.25, 0.3) is 6.29 Å². The number of ether oxygens (including phenoxy) is 2. The molecule has 0 aliphatic rings. The van der Waals surface area contributed by atoms with Gasteiger partial charge < -0.3 is 19.9 Å². The summed E-state index contributed by atoms with van der Waals surface area (Å²) >= 11 is 0. The summed E-state index contributed by atoms with van der Waals surface area (Å²) in [5.41, 5.74) is -0.934. The summed E-state index contributed by atoms with van der Waals surface area (Å²) < 4.78 is 10.1. The van der Waals surface area contributed by atoms with Crippen molar-refractivity contribution in [3.8, 4) is 0 Å². The number of hydrogen-bond donors (Lipinski definition) is 2. The molecule has 0 aliphatic heterocycles. The van der Waals surface area contributed by atoms with Crippen molar-refractivity contribution in [2.75, 3.05) is 0 Å². The van der Waals surface area contributed by atoms with Crippen molar-refractivity contribution in [1.29, 1.82) is 0 Å². The van der Waals surface area contributed by atoms with Crippen LogP contribution < -0.4 is 5.32 Å². The van der Waals surface area contributed by atoms with E-state index in [2.05, 4.69) is 5.32 Å². The lowest BCUT2D eigenvalue weighted by molar-refractivity contribution is -0.172. The maximum absolute atomic E-state index is 12.1. The van der Waals surface area contributed by atoms with E-state index in [4.69, 9.17) is 14.6 Å². The number of nitrogens with one attached hydrogen (secondary N) is 1. The summed E-state index contributed by atoms with van der Waals surface area (Å²) in [6.07, 6.45) is -0.646. The minimum absolute atomic E-state index is 0.216. The van der Waals surface area contributed by atoms with Crippen molar-refractivity contribution in [1.82, 2.24) is 5.32 Å². The molecule has 0 aromatic heterocycles. The summed E-state index contributed by atoms with van der Waals surface area (Å²) in [4.78, 5) is 34.2. The van der Waals surface area contributed by atoms with Crippen LogP contribution >= 0.6 is 0 Å². The Morgan fingerprint density at radius 2 is 1.74 bits per heavy atom. The first-order chi connectivity index (χ1) is 10.5. The van der Waals surface area contributed by atoms with Gasteiger partial charge in [0.05, 0.1) is 12.0 Å². The number of alkyl carbamates (subject to hydrolysis) is 1. The molecule has 3 atom stereocenters. The van der Waals surface area contributed by atoms with Crippen LogP contribution in [0.25, 0.3) is 0 Å². The Kier molecular flexibility index (Phi) is 8.64. The van der Waals surface area contributed by atoms with Crippen LogP contribution in [0.1, 0.15) is 60.8 Å². The monoisotopic (exact) mass is 331 g/mol. The third-order valence-corrected chi connectivity index (χ3v) is 3.49. The summed E-state index contributed by atoms with van der Waals surface area (Å²) in [7, 11) is 0. The Balaban J connectivity index is 4.93. The highest BCUT2D eigenvalue weighted by Crippen LogP contribution is 2.23. The minimum atomic E-state index is -1.01. The number of carbonyl (C=O) groups is 3. The molecule has 0 aromatic carbocycles. The fourth-order valence-corrected chi connectivity index (χ4v) is 2.26. The second kappa shape index (κ2) is 9.37. The van der Waals surface area contributed by atoms with E-state index in [9.17, 15) is 14.4 Å². The zero-order valence-electron chi connectivity index (χ0n) is 14.8. The van der Waals surface area contributed by atoms with Gasteiger partial charge in [0.2, 0.25) is 0 Å². The molecule has 0 spiro atoms. The molecular formula is C16H29NO6. The van der Waals surface area contributed by atoms with E-state index in [-0.39, 0.29) is 18.3 Å². The average Bonchev–Trinajstić information content (AvgIpc) is 2.35. The topological polar surface area (TPSA) is 102 Å². The number of hydrogen-bond acceptors (Lipinski definition) is 5. The van der Waals surface area contributed by atoms with Crippen LogP contribution in [0.3, 0.4) is 0 Å². The molecule has 2 N–H and O–H groups in total. The van der Waals surface area contributed by atoms with E-state index >= 15 is 0 Å². The molecule has 7 nitrogen and oxygen atoms in total. The summed E-state index contributed by atoms with van der Waals surface area (Å²) in [6.45, 7) is 10.4. The fraction of sp³-hybridized carbons (Fsp3) is 0.812. The third kappa shape index (κ3) is 9.05. The van der Waals surface area contributed by atoms with Gasteiger partial charge in [-0.15, -0.1) is 0 Å². The Morgan fingerprint density at radius 1 is 1.17 bits per heavy atom. The van der Waals surface area contributed by atoms with Gasteiger partial charge in [0, 0.05) is 12.8 Å². The molecule has 0 aliphatic carbocycles. The van der Waals surface area contributed by atoms with Gasteiger partial charge in [-0.1, -0.05) is 34.1 Å². The standard InChI is InChI=1S/C16H29NO6/c1-7-11(4)8-16(6,9-13(19)20)17-15(21)23-14(10(2)3)22-12(5)18/h10-11,14H,7-9H2,1-6H3,(H,17,21)(H,19,20)/t11-,14-,16+/m0/s1. The number of carboxylic acid groups (broad SMARTS) is 1. The van der Waals surface area contributed by atoms with E-state index < -0.39 is 29.9 Å². The molecule has 0 fully saturated rings. The van der Waals surface area contributed by atoms with Crippen molar-refractivity contribution in [3.05, 3.63) is 0 Å². The number of amides is 1. The van der Waals surface area contributed by atoms with E-state index in [1.54, 1.807) is 20.8 Å². The molecule has 0 unspecified atom stereocenters. The Morgan fingerprint density at radius 3 is 2.13 bits per heavy atom. The Labute approximate surface area is 137 Å². The second-order valence-electron chi connectivity index (χ2n) is 6.60. The molecular weight excluding hydrogens is 302 g/mol. The molecule has 0 rings (SSSR count). The molecule has 0 heterocycles. The minimum Gasteiger partial charge on any atom is -0.481 e. The third-order valence-electron chi connectivity index (χ3n) is 3.49. The maximum atomic E-state index is 12.1. The largest absolute Gasteiger partial charge is 0.481 e. The van der Waals surface area contributed by atoms with Gasteiger partial charge in [0.15, 0.2) is 0 Å². The molecule has 0 radical (unpaired) electrons. The van der Waals surface area contributed by atoms with Gasteiger partial charge in [0.1, 0.15) is 0 Å². The molecule has 134 valence electrons. The van der Waals surface area contributed by atoms with E-state index in [1.165, 1.54) is 6.92 Å². The average molecular weight is 331 g/mol. The first-order valence-electron chi connectivity index (χ1n) is 7.87. The van der Waals surface area contributed by atoms with E-state index in [0.29, 0.717) is 6.42 Å². The first-order valence-corrected chi connectivity index (χ1v) is 7.87.